The number of hydrogen-bond acceptors (Lipinski definition) is 3. The molecule has 0 unspecified atom stereocenters. The largest absolute Gasteiger partial charge is 0.336 e. The molecule has 1 saturated heterocycles. The standard InChI is InChI=1S/C28H26ClN3O/c1-20-11-12-26-23(17-20)24(18-27(30-26)22-9-5-6-10-25(22)29)28(33)32-15-13-31(14-16-32)19-21-7-3-2-4-8-21/h2-12,17-18H,13-16,19H2,1H3. The molecule has 1 aromatic heterocycles. The first-order valence-corrected chi connectivity index (χ1v) is 11.7. The van der Waals surface area contributed by atoms with Crippen molar-refractivity contribution in [2.75, 3.05) is 26.2 Å². The van der Waals surface area contributed by atoms with Crippen LogP contribution in [0.15, 0.2) is 78.9 Å². The highest BCUT2D eigenvalue weighted by atomic mass is 35.5. The number of rotatable bonds is 4. The highest BCUT2D eigenvalue weighted by molar-refractivity contribution is 6.33. The van der Waals surface area contributed by atoms with Crippen molar-refractivity contribution < 1.29 is 4.79 Å². The highest BCUT2D eigenvalue weighted by Crippen LogP contribution is 2.31. The van der Waals surface area contributed by atoms with Gasteiger partial charge in [0.15, 0.2) is 0 Å². The number of hydrogen-bond donors (Lipinski definition) is 0. The Labute approximate surface area is 199 Å². The number of carbonyl (C=O) groups excluding carboxylic acids is 1. The Morgan fingerprint density at radius 2 is 1.64 bits per heavy atom. The maximum atomic E-state index is 13.7. The first-order valence-electron chi connectivity index (χ1n) is 11.3. The molecule has 33 heavy (non-hydrogen) atoms. The van der Waals surface area contributed by atoms with E-state index in [9.17, 15) is 4.79 Å². The van der Waals surface area contributed by atoms with E-state index in [1.807, 2.05) is 60.4 Å². The van der Waals surface area contributed by atoms with E-state index < -0.39 is 0 Å². The van der Waals surface area contributed by atoms with Crippen LogP contribution in [0, 0.1) is 6.92 Å². The lowest BCUT2D eigenvalue weighted by Gasteiger charge is -2.35. The normalized spacial score (nSPS) is 14.5. The molecule has 0 radical (unpaired) electrons. The molecular weight excluding hydrogens is 430 g/mol. The quantitative estimate of drug-likeness (QED) is 0.389. The molecule has 0 N–H and O–H groups in total. The van der Waals surface area contributed by atoms with Crippen LogP contribution >= 0.6 is 11.6 Å². The van der Waals surface area contributed by atoms with Crippen LogP contribution in [0.5, 0.6) is 0 Å². The van der Waals surface area contributed by atoms with E-state index in [-0.39, 0.29) is 5.91 Å². The zero-order valence-electron chi connectivity index (χ0n) is 18.7. The molecule has 1 amide bonds. The van der Waals surface area contributed by atoms with E-state index in [4.69, 9.17) is 16.6 Å². The summed E-state index contributed by atoms with van der Waals surface area (Å²) in [7, 11) is 0. The lowest BCUT2D eigenvalue weighted by molar-refractivity contribution is 0.0630. The van der Waals surface area contributed by atoms with Gasteiger partial charge in [-0.15, -0.1) is 0 Å². The van der Waals surface area contributed by atoms with Gasteiger partial charge >= 0.3 is 0 Å². The summed E-state index contributed by atoms with van der Waals surface area (Å²) in [6.45, 7) is 6.10. The lowest BCUT2D eigenvalue weighted by atomic mass is 10.0. The zero-order valence-corrected chi connectivity index (χ0v) is 19.4. The molecular formula is C28H26ClN3O. The Hall–Kier alpha value is -3.21. The van der Waals surface area contributed by atoms with Gasteiger partial charge in [-0.3, -0.25) is 9.69 Å². The summed E-state index contributed by atoms with van der Waals surface area (Å²) in [5, 5.41) is 1.52. The summed E-state index contributed by atoms with van der Waals surface area (Å²) in [5.41, 5.74) is 5.47. The second-order valence-corrected chi connectivity index (χ2v) is 9.02. The fraction of sp³-hybridized carbons (Fsp3) is 0.214. The molecule has 0 spiro atoms. The molecule has 5 heteroatoms. The Bertz CT molecular complexity index is 1300. The van der Waals surface area contributed by atoms with Gasteiger partial charge in [0.25, 0.3) is 5.91 Å². The van der Waals surface area contributed by atoms with Crippen LogP contribution in [-0.2, 0) is 6.54 Å². The van der Waals surface area contributed by atoms with Gasteiger partial charge in [0.05, 0.1) is 16.8 Å². The van der Waals surface area contributed by atoms with Gasteiger partial charge in [-0.05, 0) is 36.8 Å². The number of amides is 1. The number of fused-ring (bicyclic) bond motifs is 1. The van der Waals surface area contributed by atoms with Crippen LogP contribution in [-0.4, -0.2) is 46.9 Å². The molecule has 0 saturated carbocycles. The summed E-state index contributed by atoms with van der Waals surface area (Å²) in [6, 6.07) is 26.1. The predicted molar refractivity (Wildman–Crippen MR) is 135 cm³/mol. The smallest absolute Gasteiger partial charge is 0.254 e. The van der Waals surface area contributed by atoms with Crippen molar-refractivity contribution in [3.63, 3.8) is 0 Å². The van der Waals surface area contributed by atoms with E-state index in [0.29, 0.717) is 23.7 Å². The fourth-order valence-corrected chi connectivity index (χ4v) is 4.68. The molecule has 2 heterocycles. The van der Waals surface area contributed by atoms with E-state index in [1.54, 1.807) is 0 Å². The minimum absolute atomic E-state index is 0.0562. The molecule has 3 aromatic carbocycles. The average molecular weight is 456 g/mol. The van der Waals surface area contributed by atoms with Gasteiger partial charge in [0.1, 0.15) is 0 Å². The van der Waals surface area contributed by atoms with Crippen LogP contribution in [0.1, 0.15) is 21.5 Å². The number of pyridine rings is 1. The molecule has 0 atom stereocenters. The molecule has 0 aliphatic carbocycles. The molecule has 1 fully saturated rings. The minimum atomic E-state index is 0.0562. The topological polar surface area (TPSA) is 36.4 Å². The second-order valence-electron chi connectivity index (χ2n) is 8.61. The summed E-state index contributed by atoms with van der Waals surface area (Å²) in [6.07, 6.45) is 0. The maximum absolute atomic E-state index is 13.7. The molecule has 1 aliphatic rings. The monoisotopic (exact) mass is 455 g/mol. The number of piperazine rings is 1. The lowest BCUT2D eigenvalue weighted by Crippen LogP contribution is -2.48. The summed E-state index contributed by atoms with van der Waals surface area (Å²) >= 11 is 6.46. The molecule has 4 nitrogen and oxygen atoms in total. The van der Waals surface area contributed by atoms with Gasteiger partial charge in [0.2, 0.25) is 0 Å². The van der Waals surface area contributed by atoms with Crippen LogP contribution in [0.25, 0.3) is 22.2 Å². The van der Waals surface area contributed by atoms with E-state index in [2.05, 4.69) is 35.2 Å². The highest BCUT2D eigenvalue weighted by Gasteiger charge is 2.24. The van der Waals surface area contributed by atoms with Crippen LogP contribution in [0.3, 0.4) is 0 Å². The van der Waals surface area contributed by atoms with E-state index in [1.165, 1.54) is 5.56 Å². The Morgan fingerprint density at radius 1 is 0.909 bits per heavy atom. The molecule has 166 valence electrons. The second kappa shape index (κ2) is 9.34. The third kappa shape index (κ3) is 4.63. The zero-order chi connectivity index (χ0) is 22.8. The molecule has 1 aliphatic heterocycles. The van der Waals surface area contributed by atoms with Gasteiger partial charge in [0, 0.05) is 48.7 Å². The van der Waals surface area contributed by atoms with E-state index >= 15 is 0 Å². The third-order valence-electron chi connectivity index (χ3n) is 6.25. The SMILES string of the molecule is Cc1ccc2nc(-c3ccccc3Cl)cc(C(=O)N3CCN(Cc4ccccc4)CC3)c2c1. The van der Waals surface area contributed by atoms with Crippen molar-refractivity contribution in [3.8, 4) is 11.3 Å². The molecule has 4 aromatic rings. The Morgan fingerprint density at radius 3 is 2.39 bits per heavy atom. The van der Waals surface area contributed by atoms with Crippen LogP contribution in [0.4, 0.5) is 0 Å². The van der Waals surface area contributed by atoms with Crippen molar-refractivity contribution in [1.82, 2.24) is 14.8 Å². The predicted octanol–water partition coefficient (Wildman–Crippen LogP) is 5.82. The number of halogens is 1. The Kier molecular flexibility index (Phi) is 6.12. The molecule has 5 rings (SSSR count). The Balaban J connectivity index is 1.43. The summed E-state index contributed by atoms with van der Waals surface area (Å²) in [4.78, 5) is 22.9. The van der Waals surface area contributed by atoms with Crippen LogP contribution < -0.4 is 0 Å². The van der Waals surface area contributed by atoms with Gasteiger partial charge in [-0.1, -0.05) is 71.8 Å². The van der Waals surface area contributed by atoms with E-state index in [0.717, 1.165) is 47.4 Å². The van der Waals surface area contributed by atoms with Crippen molar-refractivity contribution in [2.24, 2.45) is 0 Å². The number of nitrogens with zero attached hydrogens (tertiary/aromatic N) is 3. The van der Waals surface area contributed by atoms with Crippen molar-refractivity contribution in [2.45, 2.75) is 13.5 Å². The number of benzene rings is 3. The van der Waals surface area contributed by atoms with Gasteiger partial charge in [-0.25, -0.2) is 4.98 Å². The molecule has 0 bridgehead atoms. The number of aromatic nitrogens is 1. The average Bonchev–Trinajstić information content (AvgIpc) is 2.84. The summed E-state index contributed by atoms with van der Waals surface area (Å²) in [5.74, 6) is 0.0562. The number of carbonyl (C=O) groups is 1. The van der Waals surface area contributed by atoms with Gasteiger partial charge in [-0.2, -0.15) is 0 Å². The third-order valence-corrected chi connectivity index (χ3v) is 6.58. The van der Waals surface area contributed by atoms with Crippen molar-refractivity contribution in [1.29, 1.82) is 0 Å². The maximum Gasteiger partial charge on any atom is 0.254 e. The van der Waals surface area contributed by atoms with Crippen molar-refractivity contribution >= 4 is 28.4 Å². The van der Waals surface area contributed by atoms with Crippen molar-refractivity contribution in [3.05, 3.63) is 101 Å². The van der Waals surface area contributed by atoms with Gasteiger partial charge < -0.3 is 4.90 Å². The fourth-order valence-electron chi connectivity index (χ4n) is 4.44. The minimum Gasteiger partial charge on any atom is -0.336 e. The van der Waals surface area contributed by atoms with Crippen LogP contribution in [0.2, 0.25) is 5.02 Å². The number of aryl methyl sites for hydroxylation is 1. The first kappa shape index (κ1) is 21.6. The first-order chi connectivity index (χ1) is 16.1. The summed E-state index contributed by atoms with van der Waals surface area (Å²) < 4.78 is 0.